The summed E-state index contributed by atoms with van der Waals surface area (Å²) >= 11 is 2.30. The Morgan fingerprint density at radius 2 is 1.09 bits per heavy atom. The van der Waals surface area contributed by atoms with E-state index < -0.39 is 16.6 Å². The molecule has 2 unspecified atom stereocenters. The molecule has 2 N–H and O–H groups in total. The largest absolute Gasteiger partial charge is 1.00 e. The molecule has 412 valence electrons. The van der Waals surface area contributed by atoms with E-state index in [1.807, 2.05) is 30.9 Å². The molecule has 4 fully saturated rings. The molecular formula is C60H85ClIKN8O4Si2. The van der Waals surface area contributed by atoms with Gasteiger partial charge in [0.05, 0.1) is 12.1 Å². The number of hydrogen-bond acceptors (Lipinski definition) is 10. The Morgan fingerprint density at radius 1 is 0.701 bits per heavy atom. The number of terminal acetylenes is 1. The Kier molecular flexibility index (Phi) is 21.9. The van der Waals surface area contributed by atoms with Gasteiger partial charge in [0.15, 0.2) is 28.2 Å². The van der Waals surface area contributed by atoms with Crippen LogP contribution < -0.4 is 62.0 Å². The normalized spacial score (nSPS) is 21.8. The molecule has 6 aromatic rings. The van der Waals surface area contributed by atoms with E-state index in [0.717, 1.165) is 101 Å². The van der Waals surface area contributed by atoms with Crippen LogP contribution in [0.2, 0.25) is 36.3 Å². The number of aromatic nitrogens is 6. The van der Waals surface area contributed by atoms with E-state index in [1.54, 1.807) is 0 Å². The Hall–Kier alpha value is -2.67. The van der Waals surface area contributed by atoms with Crippen molar-refractivity contribution < 1.29 is 72.1 Å². The maximum Gasteiger partial charge on any atom is 1.00 e. The van der Waals surface area contributed by atoms with Crippen LogP contribution in [0, 0.1) is 63.3 Å². The van der Waals surface area contributed by atoms with Crippen LogP contribution in [0.3, 0.4) is 0 Å². The number of fused-ring (bicyclic) bond motifs is 2. The summed E-state index contributed by atoms with van der Waals surface area (Å²) in [7, 11) is -3.83. The van der Waals surface area contributed by atoms with Crippen LogP contribution in [0.25, 0.3) is 22.6 Å². The van der Waals surface area contributed by atoms with E-state index in [4.69, 9.17) is 24.3 Å². The number of piperidine rings is 2. The molecule has 6 heterocycles. The van der Waals surface area contributed by atoms with Gasteiger partial charge < -0.3 is 39.1 Å². The summed E-state index contributed by atoms with van der Waals surface area (Å²) in [5, 5.41) is 15.9. The van der Waals surface area contributed by atoms with Crippen molar-refractivity contribution >= 4 is 51.6 Å². The molecule has 0 radical (unpaired) electrons. The molecule has 10 atom stereocenters. The molecule has 2 aliphatic heterocycles. The van der Waals surface area contributed by atoms with E-state index in [2.05, 4.69) is 230 Å². The number of nitrogens with one attached hydrogen (secondary N) is 2. The van der Waals surface area contributed by atoms with Crippen LogP contribution in [0.4, 0.5) is 0 Å². The zero-order chi connectivity index (χ0) is 54.0. The van der Waals surface area contributed by atoms with Gasteiger partial charge in [0.1, 0.15) is 35.2 Å². The van der Waals surface area contributed by atoms with Gasteiger partial charge in [-0.1, -0.05) is 89.7 Å². The maximum atomic E-state index is 6.66. The summed E-state index contributed by atoms with van der Waals surface area (Å²) in [5.41, 5.74) is 4.89. The quantitative estimate of drug-likeness (QED) is 0.0618. The monoisotopic (exact) mass is 1240 g/mol. The number of halogens is 2. The van der Waals surface area contributed by atoms with Gasteiger partial charge in [-0.3, -0.25) is 0 Å². The third kappa shape index (κ3) is 14.9. The first kappa shape index (κ1) is 63.5. The number of nitrogens with zero attached hydrogens (tertiary/aromatic N) is 6. The fourth-order valence-corrected chi connectivity index (χ4v) is 13.3. The second-order valence-corrected chi connectivity index (χ2v) is 34.8. The molecule has 0 spiro atoms. The standard InChI is InChI=1S/C30H40N4O2Si.C23H32IN3O2Si.C7H9N.ClH.K.H2.H/c1-8-27(34-16-15-32-29(34)20(2)36-37(6,7)30(3,4)5)26-17-28(35-33-26)22-12-9-21(10-13-22)11-14-23-24-18-31-19-25(23)24;1-8-20(19-15-21(28-26-19)17-9-11-18(24)12-10-17)27-14-13-25-22(27)16(2)29-30(6,7)23(3,4)5;1-2-5-6-3-8-4-7(5)6;;;;/h9-10,12-13,15-17,20,23-25,27,31H,8,18-19H2,1-7H3;9-16,20H,8H2,1-7H3;1,5-8H,3-4H2;1H;;1H;/q;;;;+1;;-1/t20-,23?,24-,25+,27+;16-,20+;5?,6-,7+;;;;/m00...../s1. The van der Waals surface area contributed by atoms with E-state index in [1.165, 1.54) is 16.7 Å². The molecule has 2 saturated carbocycles. The molecule has 4 aromatic heterocycles. The van der Waals surface area contributed by atoms with Gasteiger partial charge in [-0.2, -0.15) is 0 Å². The smallest absolute Gasteiger partial charge is 1.00 e. The topological polar surface area (TPSA) is 130 Å². The van der Waals surface area contributed by atoms with E-state index in [9.17, 15) is 0 Å². The molecule has 12 nitrogen and oxygen atoms in total. The van der Waals surface area contributed by atoms with Crippen molar-refractivity contribution in [1.82, 2.24) is 40.0 Å². The predicted molar refractivity (Wildman–Crippen MR) is 324 cm³/mol. The van der Waals surface area contributed by atoms with Crippen molar-refractivity contribution in [2.45, 2.75) is 143 Å². The third-order valence-corrected chi connectivity index (χ3v) is 26.8. The molecule has 17 heteroatoms. The van der Waals surface area contributed by atoms with Gasteiger partial charge in [-0.15, -0.1) is 24.8 Å². The first-order valence-electron chi connectivity index (χ1n) is 27.2. The Morgan fingerprint density at radius 3 is 1.45 bits per heavy atom. The number of hydrogen-bond donors (Lipinski definition) is 2. The van der Waals surface area contributed by atoms with Gasteiger partial charge in [0, 0.05) is 70.4 Å². The third-order valence-electron chi connectivity index (χ3n) is 16.9. The van der Waals surface area contributed by atoms with Gasteiger partial charge >= 0.3 is 51.4 Å². The molecule has 0 bridgehead atoms. The number of rotatable bonds is 14. The van der Waals surface area contributed by atoms with Crippen molar-refractivity contribution in [3.8, 4) is 46.8 Å². The molecule has 77 heavy (non-hydrogen) atoms. The van der Waals surface area contributed by atoms with Crippen LogP contribution in [0.15, 0.2) is 94.5 Å². The molecular weight excluding hydrogens is 1150 g/mol. The second kappa shape index (κ2) is 26.5. The fourth-order valence-electron chi connectivity index (χ4n) is 10.2. The minimum absolute atomic E-state index is 0. The van der Waals surface area contributed by atoms with Crippen LogP contribution in [-0.4, -0.2) is 72.2 Å². The molecule has 4 aliphatic rings. The zero-order valence-electron chi connectivity index (χ0n) is 49.3. The molecule has 10 rings (SSSR count). The van der Waals surface area contributed by atoms with Crippen LogP contribution in [0.5, 0.6) is 0 Å². The van der Waals surface area contributed by atoms with Gasteiger partial charge in [-0.05, 0) is 172 Å². The second-order valence-electron chi connectivity index (χ2n) is 24.1. The number of benzene rings is 2. The van der Waals surface area contributed by atoms with E-state index >= 15 is 0 Å². The van der Waals surface area contributed by atoms with Crippen molar-refractivity contribution in [3.63, 3.8) is 0 Å². The molecule has 2 saturated heterocycles. The molecule has 2 aromatic carbocycles. The van der Waals surface area contributed by atoms with Crippen LogP contribution in [0.1, 0.15) is 138 Å². The summed E-state index contributed by atoms with van der Waals surface area (Å²) < 4.78 is 30.3. The first-order valence-corrected chi connectivity index (χ1v) is 34.0. The van der Waals surface area contributed by atoms with Gasteiger partial charge in [-0.25, -0.2) is 9.97 Å². The average Bonchev–Trinajstić information content (AvgIpc) is 4.20. The first-order chi connectivity index (χ1) is 35.5. The van der Waals surface area contributed by atoms with Crippen molar-refractivity contribution in [1.29, 1.82) is 0 Å². The Labute approximate surface area is 527 Å². The fraction of sp³-hybridized carbons (Fsp3) is 0.533. The van der Waals surface area contributed by atoms with Crippen LogP contribution >= 0.6 is 35.0 Å². The Bertz CT molecular complexity index is 2950. The summed E-state index contributed by atoms with van der Waals surface area (Å²) in [6.45, 7) is 35.8. The van der Waals surface area contributed by atoms with Crippen molar-refractivity contribution in [2.24, 2.45) is 35.5 Å². The van der Waals surface area contributed by atoms with E-state index in [-0.39, 0.29) is 101 Å². The summed E-state index contributed by atoms with van der Waals surface area (Å²) in [4.78, 5) is 9.34. The maximum absolute atomic E-state index is 6.66. The summed E-state index contributed by atoms with van der Waals surface area (Å²) in [5.74, 6) is 17.5. The van der Waals surface area contributed by atoms with Crippen molar-refractivity contribution in [2.75, 3.05) is 26.2 Å². The van der Waals surface area contributed by atoms with Crippen molar-refractivity contribution in [3.05, 3.63) is 118 Å². The van der Waals surface area contributed by atoms with Gasteiger partial charge in [0.2, 0.25) is 0 Å². The van der Waals surface area contributed by atoms with Gasteiger partial charge in [0.25, 0.3) is 0 Å². The zero-order valence-corrected chi connectivity index (χ0v) is 56.4. The minimum Gasteiger partial charge on any atom is -1.00 e. The average molecular weight is 1240 g/mol. The SMILES string of the molecule is C#CC1[C@H]2CNC[C@@H]12.CC[C@H](c1cc(-c2ccc(C#CC3[C@H]4CNC[C@@H]34)cc2)on1)n1ccnc1[C@H](C)O[Si](C)(C)C(C)(C)C.CC[C@H](c1cc(-c2ccc(I)cc2)on1)n1ccnc1[C@H](C)O[Si](C)(C)C(C)(C)C.Cl.[H-].[HH].[K+]. The number of imidazole rings is 2. The van der Waals surface area contributed by atoms with Crippen LogP contribution in [-0.2, 0) is 8.85 Å². The predicted octanol–water partition coefficient (Wildman–Crippen LogP) is 11.5. The molecule has 2 aliphatic carbocycles. The van der Waals surface area contributed by atoms with E-state index in [0.29, 0.717) is 11.8 Å². The minimum atomic E-state index is -1.93. The molecule has 0 amide bonds. The summed E-state index contributed by atoms with van der Waals surface area (Å²) in [6, 6.07) is 20.7. The Balaban J connectivity index is 0.000000288. The summed E-state index contributed by atoms with van der Waals surface area (Å²) in [6.07, 6.45) is 14.6.